The Morgan fingerprint density at radius 2 is 1.70 bits per heavy atom. The lowest BCUT2D eigenvalue weighted by Crippen LogP contribution is -2.51. The molecule has 0 aliphatic carbocycles. The molecule has 0 radical (unpaired) electrons. The Morgan fingerprint density at radius 3 is 2.38 bits per heavy atom. The highest BCUT2D eigenvalue weighted by atomic mass is 19.4. The number of likely N-dealkylation sites (tertiary alicyclic amines) is 1. The van der Waals surface area contributed by atoms with Crippen molar-refractivity contribution >= 4 is 11.6 Å². The van der Waals surface area contributed by atoms with Gasteiger partial charge < -0.3 is 14.3 Å². The van der Waals surface area contributed by atoms with Crippen molar-refractivity contribution in [2.24, 2.45) is 5.92 Å². The number of hydrogen-bond acceptors (Lipinski definition) is 6. The summed E-state index contributed by atoms with van der Waals surface area (Å²) >= 11 is 0. The van der Waals surface area contributed by atoms with Crippen LogP contribution in [0.2, 0.25) is 0 Å². The van der Waals surface area contributed by atoms with Crippen molar-refractivity contribution in [2.75, 3.05) is 44.2 Å². The summed E-state index contributed by atoms with van der Waals surface area (Å²) in [4.78, 5) is 23.6. The zero-order valence-electron chi connectivity index (χ0n) is 20.7. The molecule has 2 aliphatic rings. The molecule has 2 aromatic carbocycles. The first kappa shape index (κ1) is 25.3. The summed E-state index contributed by atoms with van der Waals surface area (Å²) in [5.74, 6) is 1.24. The largest absolute Gasteiger partial charge is 0.416 e. The smallest absolute Gasteiger partial charge is 0.368 e. The molecule has 196 valence electrons. The van der Waals surface area contributed by atoms with Crippen LogP contribution in [-0.4, -0.2) is 65.1 Å². The molecular weight excluding hydrogens is 483 g/mol. The molecule has 0 N–H and O–H groups in total. The van der Waals surface area contributed by atoms with E-state index in [1.54, 1.807) is 6.07 Å². The number of aromatic nitrogens is 2. The van der Waals surface area contributed by atoms with Gasteiger partial charge in [0.05, 0.1) is 12.1 Å². The Hall–Kier alpha value is -3.40. The van der Waals surface area contributed by atoms with E-state index >= 15 is 0 Å². The van der Waals surface area contributed by atoms with E-state index in [0.29, 0.717) is 50.1 Å². The van der Waals surface area contributed by atoms with Crippen LogP contribution in [0, 0.1) is 12.8 Å². The highest BCUT2D eigenvalue weighted by molar-refractivity contribution is 5.79. The number of hydrogen-bond donors (Lipinski definition) is 0. The lowest BCUT2D eigenvalue weighted by atomic mass is 9.95. The van der Waals surface area contributed by atoms with Gasteiger partial charge in [0.2, 0.25) is 17.6 Å². The first-order valence-corrected chi connectivity index (χ1v) is 12.6. The number of carbonyl (C=O) groups excluding carboxylic acids is 1. The maximum Gasteiger partial charge on any atom is 0.416 e. The minimum Gasteiger partial charge on any atom is -0.368 e. The molecule has 2 saturated heterocycles. The number of alkyl halides is 3. The predicted octanol–water partition coefficient (Wildman–Crippen LogP) is 4.62. The number of halogens is 3. The molecule has 1 amide bonds. The molecule has 0 spiro atoms. The summed E-state index contributed by atoms with van der Waals surface area (Å²) < 4.78 is 44.6. The van der Waals surface area contributed by atoms with E-state index in [4.69, 9.17) is 4.52 Å². The normalized spacial score (nSPS) is 17.8. The van der Waals surface area contributed by atoms with E-state index in [-0.39, 0.29) is 11.8 Å². The van der Waals surface area contributed by atoms with Crippen molar-refractivity contribution in [3.05, 3.63) is 65.5 Å². The number of aryl methyl sites for hydroxylation is 1. The fraction of sp³-hybridized carbons (Fsp3) is 0.444. The second-order valence-corrected chi connectivity index (χ2v) is 9.79. The van der Waals surface area contributed by atoms with Crippen molar-refractivity contribution < 1.29 is 22.5 Å². The SMILES string of the molecule is Cc1ccc(-c2noc(CN3CCC(C(=O)N4CCN(c5cccc(C(F)(F)F)c5)CC4)CC3)n2)cc1. The molecule has 2 fully saturated rings. The van der Waals surface area contributed by atoms with Crippen LogP contribution >= 0.6 is 0 Å². The molecule has 10 heteroatoms. The Morgan fingerprint density at radius 1 is 1.00 bits per heavy atom. The van der Waals surface area contributed by atoms with Gasteiger partial charge in [-0.1, -0.05) is 41.1 Å². The van der Waals surface area contributed by atoms with Crippen molar-refractivity contribution in [3.63, 3.8) is 0 Å². The van der Waals surface area contributed by atoms with E-state index < -0.39 is 11.7 Å². The van der Waals surface area contributed by atoms with Gasteiger partial charge in [0, 0.05) is 43.3 Å². The Bertz CT molecular complexity index is 1210. The molecule has 3 aromatic rings. The first-order valence-electron chi connectivity index (χ1n) is 12.6. The molecule has 7 nitrogen and oxygen atoms in total. The zero-order valence-corrected chi connectivity index (χ0v) is 20.7. The number of nitrogens with zero attached hydrogens (tertiary/aromatic N) is 5. The van der Waals surface area contributed by atoms with E-state index in [1.165, 1.54) is 17.7 Å². The monoisotopic (exact) mass is 513 g/mol. The summed E-state index contributed by atoms with van der Waals surface area (Å²) in [6.07, 6.45) is -2.85. The third kappa shape index (κ3) is 5.95. The summed E-state index contributed by atoms with van der Waals surface area (Å²) in [6.45, 7) is 6.18. The average molecular weight is 514 g/mol. The summed E-state index contributed by atoms with van der Waals surface area (Å²) in [7, 11) is 0. The van der Waals surface area contributed by atoms with Crippen molar-refractivity contribution in [3.8, 4) is 11.4 Å². The van der Waals surface area contributed by atoms with Gasteiger partial charge in [0.15, 0.2) is 0 Å². The van der Waals surface area contributed by atoms with Crippen LogP contribution in [-0.2, 0) is 17.5 Å². The maximum atomic E-state index is 13.1. The highest BCUT2D eigenvalue weighted by Gasteiger charge is 2.33. The molecule has 0 unspecified atom stereocenters. The Balaban J connectivity index is 1.09. The van der Waals surface area contributed by atoms with Gasteiger partial charge in [-0.05, 0) is 51.1 Å². The number of carbonyl (C=O) groups is 1. The van der Waals surface area contributed by atoms with Crippen LogP contribution in [0.1, 0.15) is 29.9 Å². The average Bonchev–Trinajstić information content (AvgIpc) is 3.37. The van der Waals surface area contributed by atoms with Crippen LogP contribution in [0.5, 0.6) is 0 Å². The minimum atomic E-state index is -4.37. The van der Waals surface area contributed by atoms with Gasteiger partial charge in [-0.25, -0.2) is 0 Å². The fourth-order valence-corrected chi connectivity index (χ4v) is 4.99. The third-order valence-corrected chi connectivity index (χ3v) is 7.20. The van der Waals surface area contributed by atoms with E-state index in [2.05, 4.69) is 15.0 Å². The van der Waals surface area contributed by atoms with Crippen LogP contribution in [0.25, 0.3) is 11.4 Å². The number of anilines is 1. The van der Waals surface area contributed by atoms with Gasteiger partial charge >= 0.3 is 6.18 Å². The van der Waals surface area contributed by atoms with Crippen molar-refractivity contribution in [1.29, 1.82) is 0 Å². The Labute approximate surface area is 213 Å². The molecule has 0 bridgehead atoms. The fourth-order valence-electron chi connectivity index (χ4n) is 4.99. The van der Waals surface area contributed by atoms with Gasteiger partial charge in [-0.15, -0.1) is 0 Å². The van der Waals surface area contributed by atoms with E-state index in [9.17, 15) is 18.0 Å². The standard InChI is InChI=1S/C27H30F3N5O2/c1-19-5-7-20(8-6-19)25-31-24(37-32-25)18-33-11-9-21(10-12-33)26(36)35-15-13-34(14-16-35)23-4-2-3-22(17-23)27(28,29)30/h2-8,17,21H,9-16,18H2,1H3. The minimum absolute atomic E-state index is 0.0397. The zero-order chi connectivity index (χ0) is 26.0. The molecule has 37 heavy (non-hydrogen) atoms. The van der Waals surface area contributed by atoms with Crippen LogP contribution in [0.15, 0.2) is 53.1 Å². The second kappa shape index (κ2) is 10.5. The topological polar surface area (TPSA) is 65.7 Å². The molecular formula is C27H30F3N5O2. The van der Waals surface area contributed by atoms with E-state index in [0.717, 1.165) is 37.6 Å². The maximum absolute atomic E-state index is 13.1. The third-order valence-electron chi connectivity index (χ3n) is 7.20. The van der Waals surface area contributed by atoms with Gasteiger partial charge in [0.25, 0.3) is 0 Å². The summed E-state index contributed by atoms with van der Waals surface area (Å²) in [6, 6.07) is 13.4. The first-order chi connectivity index (χ1) is 17.8. The lowest BCUT2D eigenvalue weighted by Gasteiger charge is -2.39. The van der Waals surface area contributed by atoms with Crippen LogP contribution in [0.4, 0.5) is 18.9 Å². The number of piperazine rings is 1. The Kier molecular flexibility index (Phi) is 7.19. The molecule has 0 saturated carbocycles. The number of amides is 1. The lowest BCUT2D eigenvalue weighted by molar-refractivity contribution is -0.138. The second-order valence-electron chi connectivity index (χ2n) is 9.79. The number of benzene rings is 2. The number of piperidine rings is 1. The molecule has 0 atom stereocenters. The van der Waals surface area contributed by atoms with Crippen molar-refractivity contribution in [2.45, 2.75) is 32.5 Å². The molecule has 5 rings (SSSR count). The van der Waals surface area contributed by atoms with E-state index in [1.807, 2.05) is 41.0 Å². The van der Waals surface area contributed by atoms with Gasteiger partial charge in [-0.3, -0.25) is 9.69 Å². The molecule has 1 aromatic heterocycles. The molecule has 2 aliphatic heterocycles. The summed E-state index contributed by atoms with van der Waals surface area (Å²) in [5, 5.41) is 4.10. The number of rotatable bonds is 5. The summed E-state index contributed by atoms with van der Waals surface area (Å²) in [5.41, 5.74) is 1.98. The van der Waals surface area contributed by atoms with Gasteiger partial charge in [-0.2, -0.15) is 18.2 Å². The van der Waals surface area contributed by atoms with Crippen LogP contribution < -0.4 is 4.90 Å². The quantitative estimate of drug-likeness (QED) is 0.496. The molecule has 3 heterocycles. The van der Waals surface area contributed by atoms with Crippen molar-refractivity contribution in [1.82, 2.24) is 19.9 Å². The predicted molar refractivity (Wildman–Crippen MR) is 133 cm³/mol. The highest BCUT2D eigenvalue weighted by Crippen LogP contribution is 2.32. The van der Waals surface area contributed by atoms with Gasteiger partial charge in [0.1, 0.15) is 0 Å². The van der Waals surface area contributed by atoms with Crippen LogP contribution in [0.3, 0.4) is 0 Å².